The molecular formula is C21H28IN7O2. The summed E-state index contributed by atoms with van der Waals surface area (Å²) in [5.41, 5.74) is 1.00. The first kappa shape index (κ1) is 23.2. The van der Waals surface area contributed by atoms with Crippen LogP contribution in [0.4, 0.5) is 0 Å². The predicted octanol–water partition coefficient (Wildman–Crippen LogP) is 1.84. The number of nitrogens with zero attached hydrogens (tertiary/aromatic N) is 5. The Morgan fingerprint density at radius 1 is 1.19 bits per heavy atom. The fourth-order valence-electron chi connectivity index (χ4n) is 3.88. The molecule has 31 heavy (non-hydrogen) atoms. The summed E-state index contributed by atoms with van der Waals surface area (Å²) in [7, 11) is 0. The molecule has 2 N–H and O–H groups in total. The second kappa shape index (κ2) is 10.7. The Hall–Kier alpha value is -2.50. The number of carbonyl (C=O) groups is 2. The van der Waals surface area contributed by atoms with Gasteiger partial charge in [-0.25, -0.2) is 9.67 Å². The molecule has 0 fully saturated rings. The van der Waals surface area contributed by atoms with Crippen LogP contribution in [0.25, 0.3) is 0 Å². The average molecular weight is 537 g/mol. The highest BCUT2D eigenvalue weighted by Gasteiger charge is 2.34. The van der Waals surface area contributed by atoms with Crippen LogP contribution in [-0.2, 0) is 13.0 Å². The van der Waals surface area contributed by atoms with Crippen LogP contribution in [0.2, 0.25) is 0 Å². The van der Waals surface area contributed by atoms with Gasteiger partial charge in [0.2, 0.25) is 0 Å². The molecule has 1 aromatic heterocycles. The number of aliphatic imine (C=N–C) groups is 1. The van der Waals surface area contributed by atoms with Gasteiger partial charge in [-0.2, -0.15) is 5.10 Å². The first-order valence-electron chi connectivity index (χ1n) is 10.5. The Balaban J connectivity index is 0.00000272. The Bertz CT molecular complexity index is 924. The van der Waals surface area contributed by atoms with E-state index >= 15 is 0 Å². The first-order chi connectivity index (χ1) is 14.7. The molecule has 0 spiro atoms. The van der Waals surface area contributed by atoms with Crippen molar-refractivity contribution in [2.24, 2.45) is 4.99 Å². The van der Waals surface area contributed by atoms with Gasteiger partial charge in [0.1, 0.15) is 12.2 Å². The maximum Gasteiger partial charge on any atom is 0.261 e. The van der Waals surface area contributed by atoms with Gasteiger partial charge < -0.3 is 10.6 Å². The van der Waals surface area contributed by atoms with Gasteiger partial charge in [0, 0.05) is 32.1 Å². The number of hydrogen-bond acceptors (Lipinski definition) is 5. The van der Waals surface area contributed by atoms with Crippen molar-refractivity contribution in [1.29, 1.82) is 0 Å². The largest absolute Gasteiger partial charge is 0.357 e. The van der Waals surface area contributed by atoms with Gasteiger partial charge in [0.05, 0.1) is 17.7 Å². The monoisotopic (exact) mass is 537 g/mol. The summed E-state index contributed by atoms with van der Waals surface area (Å²) in [5.74, 6) is 1.42. The number of aromatic nitrogens is 3. The van der Waals surface area contributed by atoms with E-state index in [1.54, 1.807) is 30.6 Å². The summed E-state index contributed by atoms with van der Waals surface area (Å²) in [4.78, 5) is 35.1. The van der Waals surface area contributed by atoms with Gasteiger partial charge >= 0.3 is 0 Å². The highest BCUT2D eigenvalue weighted by Crippen LogP contribution is 2.22. The molecule has 0 saturated carbocycles. The SMILES string of the molecule is CCNC(=NCCCCN1C(=O)c2ccccc2C1=O)NC1CCc2ncnn2C1.I. The van der Waals surface area contributed by atoms with Crippen molar-refractivity contribution in [2.45, 2.75) is 45.2 Å². The molecule has 2 amide bonds. The van der Waals surface area contributed by atoms with Gasteiger partial charge in [-0.15, -0.1) is 24.0 Å². The number of imide groups is 1. The zero-order valence-electron chi connectivity index (χ0n) is 17.6. The van der Waals surface area contributed by atoms with Crippen LogP contribution in [0, 0.1) is 0 Å². The van der Waals surface area contributed by atoms with Crippen molar-refractivity contribution < 1.29 is 9.59 Å². The molecule has 9 nitrogen and oxygen atoms in total. The summed E-state index contributed by atoms with van der Waals surface area (Å²) in [5, 5.41) is 11.0. The highest BCUT2D eigenvalue weighted by atomic mass is 127. The smallest absolute Gasteiger partial charge is 0.261 e. The minimum absolute atomic E-state index is 0. The molecular weight excluding hydrogens is 509 g/mol. The zero-order valence-corrected chi connectivity index (χ0v) is 19.9. The Morgan fingerprint density at radius 2 is 1.94 bits per heavy atom. The van der Waals surface area contributed by atoms with Gasteiger partial charge in [0.25, 0.3) is 11.8 Å². The number of aryl methyl sites for hydroxylation is 1. The predicted molar refractivity (Wildman–Crippen MR) is 128 cm³/mol. The maximum atomic E-state index is 12.4. The van der Waals surface area contributed by atoms with Crippen molar-refractivity contribution >= 4 is 41.8 Å². The molecule has 2 aliphatic heterocycles. The Kier molecular flexibility index (Phi) is 7.99. The fourth-order valence-corrected chi connectivity index (χ4v) is 3.88. The molecule has 0 radical (unpaired) electrons. The molecule has 0 aliphatic carbocycles. The van der Waals surface area contributed by atoms with E-state index in [2.05, 4.69) is 25.7 Å². The third-order valence-electron chi connectivity index (χ3n) is 5.43. The van der Waals surface area contributed by atoms with E-state index in [9.17, 15) is 9.59 Å². The van der Waals surface area contributed by atoms with E-state index in [-0.39, 0.29) is 41.8 Å². The number of amides is 2. The lowest BCUT2D eigenvalue weighted by Crippen LogP contribution is -2.47. The summed E-state index contributed by atoms with van der Waals surface area (Å²) in [6.07, 6.45) is 5.01. The van der Waals surface area contributed by atoms with Crippen molar-refractivity contribution in [3.05, 3.63) is 47.5 Å². The van der Waals surface area contributed by atoms with Crippen LogP contribution in [0.3, 0.4) is 0 Å². The van der Waals surface area contributed by atoms with Crippen molar-refractivity contribution in [2.75, 3.05) is 19.6 Å². The van der Waals surface area contributed by atoms with E-state index in [1.165, 1.54) is 4.90 Å². The lowest BCUT2D eigenvalue weighted by atomic mass is 10.1. The lowest BCUT2D eigenvalue weighted by Gasteiger charge is -2.25. The topological polar surface area (TPSA) is 105 Å². The maximum absolute atomic E-state index is 12.4. The molecule has 2 aliphatic rings. The first-order valence-corrected chi connectivity index (χ1v) is 10.5. The van der Waals surface area contributed by atoms with E-state index in [0.717, 1.165) is 50.6 Å². The molecule has 0 saturated heterocycles. The summed E-state index contributed by atoms with van der Waals surface area (Å²) in [6, 6.07) is 7.25. The number of carbonyl (C=O) groups excluding carboxylic acids is 2. The van der Waals surface area contributed by atoms with Crippen LogP contribution < -0.4 is 10.6 Å². The Labute approximate surface area is 198 Å². The lowest BCUT2D eigenvalue weighted by molar-refractivity contribution is 0.0652. The number of benzene rings is 1. The second-order valence-electron chi connectivity index (χ2n) is 7.51. The summed E-state index contributed by atoms with van der Waals surface area (Å²) < 4.78 is 1.94. The van der Waals surface area contributed by atoms with E-state index in [1.807, 2.05) is 11.6 Å². The molecule has 10 heteroatoms. The number of unbranched alkanes of at least 4 members (excludes halogenated alkanes) is 1. The summed E-state index contributed by atoms with van der Waals surface area (Å²) >= 11 is 0. The van der Waals surface area contributed by atoms with Crippen LogP contribution in [0.1, 0.15) is 52.7 Å². The molecule has 4 rings (SSSR count). The third-order valence-corrected chi connectivity index (χ3v) is 5.43. The number of fused-ring (bicyclic) bond motifs is 2. The molecule has 1 atom stereocenters. The Morgan fingerprint density at radius 3 is 2.65 bits per heavy atom. The second-order valence-corrected chi connectivity index (χ2v) is 7.51. The van der Waals surface area contributed by atoms with E-state index in [0.29, 0.717) is 24.2 Å². The van der Waals surface area contributed by atoms with Gasteiger partial charge in [0.15, 0.2) is 5.96 Å². The van der Waals surface area contributed by atoms with Crippen molar-refractivity contribution in [1.82, 2.24) is 30.3 Å². The quantitative estimate of drug-likeness (QED) is 0.184. The van der Waals surface area contributed by atoms with Crippen LogP contribution in [-0.4, -0.2) is 63.1 Å². The van der Waals surface area contributed by atoms with E-state index < -0.39 is 0 Å². The van der Waals surface area contributed by atoms with Crippen molar-refractivity contribution in [3.8, 4) is 0 Å². The zero-order chi connectivity index (χ0) is 20.9. The number of nitrogens with one attached hydrogen (secondary N) is 2. The van der Waals surface area contributed by atoms with Gasteiger partial charge in [-0.05, 0) is 38.3 Å². The molecule has 166 valence electrons. The number of hydrogen-bond donors (Lipinski definition) is 2. The molecule has 2 aromatic rings. The minimum Gasteiger partial charge on any atom is -0.357 e. The third kappa shape index (κ3) is 5.23. The molecule has 1 unspecified atom stereocenters. The number of halogens is 1. The highest BCUT2D eigenvalue weighted by molar-refractivity contribution is 14.0. The fraction of sp³-hybridized carbons (Fsp3) is 0.476. The molecule has 3 heterocycles. The number of guanidine groups is 1. The molecule has 0 bridgehead atoms. The minimum atomic E-state index is -0.195. The van der Waals surface area contributed by atoms with Gasteiger partial charge in [-0.1, -0.05) is 12.1 Å². The van der Waals surface area contributed by atoms with Crippen LogP contribution >= 0.6 is 24.0 Å². The van der Waals surface area contributed by atoms with E-state index in [4.69, 9.17) is 0 Å². The standard InChI is InChI=1S/C21H27N7O2.HI/c1-2-22-21(26-15-9-10-18-24-14-25-28(18)13-15)23-11-5-6-12-27-19(29)16-7-3-4-8-17(16)20(27)30;/h3-4,7-8,14-15H,2,5-6,9-13H2,1H3,(H2,22,23,26);1H. The normalized spacial score (nSPS) is 17.8. The average Bonchev–Trinajstić information content (AvgIpc) is 3.31. The summed E-state index contributed by atoms with van der Waals surface area (Å²) in [6.45, 7) is 4.64. The number of rotatable bonds is 7. The van der Waals surface area contributed by atoms with Crippen LogP contribution in [0.5, 0.6) is 0 Å². The van der Waals surface area contributed by atoms with Gasteiger partial charge in [-0.3, -0.25) is 19.5 Å². The van der Waals surface area contributed by atoms with Crippen LogP contribution in [0.15, 0.2) is 35.6 Å². The molecule has 1 aromatic carbocycles. The van der Waals surface area contributed by atoms with Crippen molar-refractivity contribution in [3.63, 3.8) is 0 Å².